The average molecular weight is 2020 g/mol. The summed E-state index contributed by atoms with van der Waals surface area (Å²) < 4.78 is 133. The number of rotatable bonds is 16. The molecule has 17 aromatic rings. The van der Waals surface area contributed by atoms with Gasteiger partial charge < -0.3 is 18.4 Å². The maximum absolute atomic E-state index is 14.1. The highest BCUT2D eigenvalue weighted by molar-refractivity contribution is 14.1. The summed E-state index contributed by atoms with van der Waals surface area (Å²) in [4.78, 5) is 18.8. The summed E-state index contributed by atoms with van der Waals surface area (Å²) in [5.74, 6) is 2.45. The number of fused-ring (bicyclic) bond motifs is 4. The molecular formula is C89H70BrF2I3N8O9S3Si. The zero-order chi connectivity index (χ0) is 81.8. The molecule has 17 nitrogen and oxygen atoms in total. The lowest BCUT2D eigenvalue weighted by molar-refractivity contribution is 0.416. The number of ether oxygens (including phenoxy) is 3. The first-order chi connectivity index (χ1) is 55.6. The van der Waals surface area contributed by atoms with E-state index in [2.05, 4.69) is 132 Å². The number of halogens is 6. The molecule has 9 aromatic carbocycles. The molecule has 8 aromatic heterocycles. The van der Waals surface area contributed by atoms with Gasteiger partial charge in [0.05, 0.1) is 21.8 Å². The predicted molar refractivity (Wildman–Crippen MR) is 486 cm³/mol. The van der Waals surface area contributed by atoms with Crippen molar-refractivity contribution in [3.8, 4) is 73.3 Å². The first-order valence-corrected chi connectivity index (χ1v) is 47.2. The number of methoxy groups -OCH3 is 1. The van der Waals surface area contributed by atoms with Gasteiger partial charge in [0.15, 0.2) is 25.2 Å². The zero-order valence-electron chi connectivity index (χ0n) is 62.8. The molecule has 0 unspecified atom stereocenters. The van der Waals surface area contributed by atoms with Gasteiger partial charge in [-0.2, -0.15) is 0 Å². The van der Waals surface area contributed by atoms with Crippen molar-refractivity contribution in [1.29, 1.82) is 0 Å². The Morgan fingerprint density at radius 1 is 0.379 bits per heavy atom. The third-order valence-electron chi connectivity index (χ3n) is 19.6. The van der Waals surface area contributed by atoms with E-state index in [4.69, 9.17) is 19.2 Å². The SMILES string of the molecule is CC(C)(C)[Si](C)(C)n1cc(Br)c2cc(-c3ccccc3Oc3ccccc3)cnc21.COc1ccccc1-c1cnc2c(c1)c(I)cn2S(=O)(=O)c1ccccc1.O=S(=O)(c1ccccc1)n1cc(I)c2cc(-c3ccc(F)cc3F)cnc21.O=S(=O)(c1ccccc1)n1cc(I)c2cc(-c3ccccc3Oc3ccccc3)cnc21. The molecule has 0 amide bonds. The van der Waals surface area contributed by atoms with Crippen LogP contribution in [0.2, 0.25) is 18.1 Å². The molecule has 0 aliphatic rings. The third kappa shape index (κ3) is 17.1. The molecule has 116 heavy (non-hydrogen) atoms. The van der Waals surface area contributed by atoms with Crippen molar-refractivity contribution in [3.63, 3.8) is 0 Å². The zero-order valence-corrected chi connectivity index (χ0v) is 74.3. The molecule has 27 heteroatoms. The van der Waals surface area contributed by atoms with Crippen LogP contribution in [-0.4, -0.2) is 76.7 Å². The number of para-hydroxylation sites is 5. The largest absolute Gasteiger partial charge is 0.496 e. The van der Waals surface area contributed by atoms with E-state index in [0.29, 0.717) is 31.6 Å². The maximum atomic E-state index is 14.1. The summed E-state index contributed by atoms with van der Waals surface area (Å²) in [6.45, 7) is 11.8. The fourth-order valence-electron chi connectivity index (χ4n) is 12.7. The first-order valence-electron chi connectivity index (χ1n) is 35.9. The van der Waals surface area contributed by atoms with Crippen molar-refractivity contribution >= 4 is 166 Å². The topological polar surface area (TPSA) is 201 Å². The van der Waals surface area contributed by atoms with E-state index >= 15 is 0 Å². The molecule has 0 saturated carbocycles. The molecule has 17 rings (SSSR count). The Labute approximate surface area is 720 Å². The lowest BCUT2D eigenvalue weighted by Crippen LogP contribution is -2.45. The van der Waals surface area contributed by atoms with Gasteiger partial charge >= 0.3 is 0 Å². The fourth-order valence-corrected chi connectivity index (χ4v) is 21.9. The summed E-state index contributed by atoms with van der Waals surface area (Å²) in [6.07, 6.45) is 13.6. The van der Waals surface area contributed by atoms with Crippen LogP contribution >= 0.6 is 83.7 Å². The smallest absolute Gasteiger partial charge is 0.269 e. The Morgan fingerprint density at radius 2 is 0.690 bits per heavy atom. The lowest BCUT2D eigenvalue weighted by atomic mass is 10.1. The second kappa shape index (κ2) is 34.5. The predicted octanol–water partition coefficient (Wildman–Crippen LogP) is 23.8. The Morgan fingerprint density at radius 3 is 1.04 bits per heavy atom. The molecule has 0 spiro atoms. The van der Waals surface area contributed by atoms with Crippen LogP contribution in [0.15, 0.2) is 336 Å². The lowest BCUT2D eigenvalue weighted by Gasteiger charge is -2.38. The maximum Gasteiger partial charge on any atom is 0.269 e. The van der Waals surface area contributed by atoms with E-state index in [0.717, 1.165) is 99.8 Å². The van der Waals surface area contributed by atoms with E-state index in [1.165, 1.54) is 44.6 Å². The minimum Gasteiger partial charge on any atom is -0.496 e. The number of aromatic nitrogens is 8. The van der Waals surface area contributed by atoms with Crippen molar-refractivity contribution in [2.75, 3.05) is 7.11 Å². The summed E-state index contributed by atoms with van der Waals surface area (Å²) in [5, 5.41) is 3.45. The van der Waals surface area contributed by atoms with Crippen molar-refractivity contribution in [3.05, 3.63) is 343 Å². The Balaban J connectivity index is 0.000000128. The van der Waals surface area contributed by atoms with Crippen LogP contribution in [0.4, 0.5) is 8.78 Å². The second-order valence-corrected chi connectivity index (χ2v) is 42.8. The molecule has 0 bridgehead atoms. The Kier molecular flexibility index (Phi) is 24.5. The van der Waals surface area contributed by atoms with Crippen molar-refractivity contribution in [1.82, 2.24) is 36.1 Å². The number of hydrogen-bond acceptors (Lipinski definition) is 13. The number of hydrogen-bond donors (Lipinski definition) is 0. The van der Waals surface area contributed by atoms with E-state index in [9.17, 15) is 34.0 Å². The fraction of sp³-hybridized carbons (Fsp3) is 0.0787. The first kappa shape index (κ1) is 82.3. The highest BCUT2D eigenvalue weighted by Crippen LogP contribution is 2.44. The van der Waals surface area contributed by atoms with E-state index in [-0.39, 0.29) is 30.9 Å². The summed E-state index contributed by atoms with van der Waals surface area (Å²) >= 11 is 10.1. The highest BCUT2D eigenvalue weighted by atomic mass is 127. The van der Waals surface area contributed by atoms with Gasteiger partial charge in [-0.05, 0) is 204 Å². The number of benzene rings is 9. The summed E-state index contributed by atoms with van der Waals surface area (Å²) in [6, 6.07) is 78.8. The van der Waals surface area contributed by atoms with Crippen LogP contribution in [0.1, 0.15) is 20.8 Å². The van der Waals surface area contributed by atoms with Crippen LogP contribution in [0, 0.1) is 22.3 Å². The minimum absolute atomic E-state index is 0.147. The normalized spacial score (nSPS) is 11.8. The van der Waals surface area contributed by atoms with Gasteiger partial charge in [-0.15, -0.1) is 0 Å². The van der Waals surface area contributed by atoms with Crippen molar-refractivity contribution in [2.24, 2.45) is 0 Å². The van der Waals surface area contributed by atoms with Crippen LogP contribution in [0.3, 0.4) is 0 Å². The summed E-state index contributed by atoms with van der Waals surface area (Å²) in [7, 11) is -11.4. The van der Waals surface area contributed by atoms with Crippen LogP contribution in [0.5, 0.6) is 28.7 Å². The Hall–Kier alpha value is -10.3. The minimum atomic E-state index is -3.81. The van der Waals surface area contributed by atoms with E-state index < -0.39 is 49.9 Å². The number of pyridine rings is 4. The average Bonchev–Trinajstić information content (AvgIpc) is 1.61. The van der Waals surface area contributed by atoms with Gasteiger partial charge in [-0.3, -0.25) is 0 Å². The quantitative estimate of drug-likeness (QED) is 0.0654. The van der Waals surface area contributed by atoms with Gasteiger partial charge in [0.25, 0.3) is 30.1 Å². The van der Waals surface area contributed by atoms with Gasteiger partial charge in [-0.1, -0.05) is 179 Å². The molecular weight excluding hydrogens is 1950 g/mol. The van der Waals surface area contributed by atoms with Crippen LogP contribution < -0.4 is 14.2 Å². The molecule has 0 fully saturated rings. The van der Waals surface area contributed by atoms with Crippen molar-refractivity contribution in [2.45, 2.75) is 53.6 Å². The molecule has 0 radical (unpaired) electrons. The molecule has 0 aliphatic carbocycles. The molecule has 0 N–H and O–H groups in total. The standard InChI is InChI=1S/C25H27BrN2OSi.C25H17IN2O3S.C20H15IN2O3S.C19H11F2IN2O2S/c1-25(2,3)30(4,5)28-17-22(26)21-15-18(16-27-24(21)28)20-13-9-10-14-23(20)29-19-11-7-6-8-12-19;26-23-17-28(32(29,30)20-11-5-2-6-12-20)25-22(23)15-18(16-27-25)21-13-7-8-14-24(21)31-19-9-3-1-4-10-19;1-26-19-10-6-5-9-16(19)14-11-17-18(21)13-23(20(17)22-12-14)27(24,25)15-7-3-2-4-8-15;20-13-6-7-15(17(21)9-13)12-8-16-18(22)11-24(19(16)23-10-12)27(25,26)14-4-2-1-3-5-14/h6-17H,1-5H3;1-17H;2-13H,1H3;1-11H. The molecule has 584 valence electrons. The van der Waals surface area contributed by atoms with Crippen molar-refractivity contribution < 1.29 is 48.2 Å². The van der Waals surface area contributed by atoms with Gasteiger partial charge in [-0.25, -0.2) is 65.9 Å². The van der Waals surface area contributed by atoms with Gasteiger partial charge in [0, 0.05) is 137 Å². The molecule has 0 aliphatic heterocycles. The number of nitrogens with zero attached hydrogens (tertiary/aromatic N) is 8. The monoisotopic (exact) mass is 2020 g/mol. The van der Waals surface area contributed by atoms with E-state index in [1.54, 1.807) is 117 Å². The van der Waals surface area contributed by atoms with E-state index in [1.807, 2.05) is 168 Å². The third-order valence-corrected chi connectivity index (χ3v) is 33.0. The Bertz CT molecular complexity index is 6870. The molecule has 0 saturated heterocycles. The van der Waals surface area contributed by atoms with Gasteiger partial charge in [0.2, 0.25) is 0 Å². The van der Waals surface area contributed by atoms with Crippen LogP contribution in [-0.2, 0) is 30.1 Å². The summed E-state index contributed by atoms with van der Waals surface area (Å²) in [5.41, 5.74) is 8.28. The van der Waals surface area contributed by atoms with Crippen LogP contribution in [0.25, 0.3) is 88.6 Å². The molecule has 0 atom stereocenters. The molecule has 8 heterocycles. The highest BCUT2D eigenvalue weighted by Gasteiger charge is 2.39. The van der Waals surface area contributed by atoms with Gasteiger partial charge in [0.1, 0.15) is 46.0 Å². The second-order valence-electron chi connectivity index (χ2n) is 28.0.